The molecule has 2 fully saturated rings. The monoisotopic (exact) mass is 404 g/mol. The second-order valence-corrected chi connectivity index (χ2v) is 7.85. The summed E-state index contributed by atoms with van der Waals surface area (Å²) in [5, 5.41) is 0. The van der Waals surface area contributed by atoms with Gasteiger partial charge in [-0.15, -0.1) is 0 Å². The molecule has 2 aliphatic rings. The van der Waals surface area contributed by atoms with Crippen molar-refractivity contribution in [1.82, 2.24) is 9.80 Å². The van der Waals surface area contributed by atoms with Gasteiger partial charge in [0.25, 0.3) is 5.91 Å². The van der Waals surface area contributed by atoms with Gasteiger partial charge in [0.1, 0.15) is 18.5 Å². The number of hydrogen-bond donors (Lipinski definition) is 0. The van der Waals surface area contributed by atoms with E-state index in [0.717, 1.165) is 51.1 Å². The van der Waals surface area contributed by atoms with Crippen molar-refractivity contribution >= 4 is 11.8 Å². The van der Waals surface area contributed by atoms with Gasteiger partial charge < -0.3 is 24.0 Å². The van der Waals surface area contributed by atoms with E-state index in [0.29, 0.717) is 24.6 Å². The fourth-order valence-electron chi connectivity index (χ4n) is 4.03. The molecule has 0 radical (unpaired) electrons. The molecular formula is C22H32N2O5. The third-order valence-corrected chi connectivity index (χ3v) is 5.77. The summed E-state index contributed by atoms with van der Waals surface area (Å²) < 4.78 is 16.2. The summed E-state index contributed by atoms with van der Waals surface area (Å²) in [6.45, 7) is 3.83. The minimum atomic E-state index is 0.0278. The largest absolute Gasteiger partial charge is 0.490 e. The highest BCUT2D eigenvalue weighted by molar-refractivity contribution is 5.94. The van der Waals surface area contributed by atoms with Gasteiger partial charge in [-0.3, -0.25) is 9.59 Å². The molecule has 1 aromatic rings. The first-order chi connectivity index (χ1) is 14.1. The van der Waals surface area contributed by atoms with E-state index in [1.165, 1.54) is 7.11 Å². The standard InChI is InChI=1S/C22H32N2O5/c1-27-15-17-7-11-24(12-8-17)22(26)18-3-5-19(6-4-18)29-20-9-13-23(14-10-20)21(25)16-28-2/h3-6,17,20H,7-16H2,1-2H3. The van der Waals surface area contributed by atoms with E-state index >= 15 is 0 Å². The van der Waals surface area contributed by atoms with Crippen LogP contribution < -0.4 is 4.74 Å². The Bertz CT molecular complexity index is 662. The van der Waals surface area contributed by atoms with Crippen molar-refractivity contribution in [3.8, 4) is 5.75 Å². The van der Waals surface area contributed by atoms with Crippen LogP contribution in [0.5, 0.6) is 5.75 Å². The summed E-state index contributed by atoms with van der Waals surface area (Å²) in [6, 6.07) is 7.42. The van der Waals surface area contributed by atoms with Gasteiger partial charge in [0.05, 0.1) is 0 Å². The molecule has 7 heteroatoms. The molecule has 3 rings (SSSR count). The van der Waals surface area contributed by atoms with Crippen LogP contribution in [-0.4, -0.2) is 81.3 Å². The van der Waals surface area contributed by atoms with E-state index in [4.69, 9.17) is 14.2 Å². The Balaban J connectivity index is 1.46. The lowest BCUT2D eigenvalue weighted by Gasteiger charge is -2.32. The highest BCUT2D eigenvalue weighted by atomic mass is 16.5. The van der Waals surface area contributed by atoms with Gasteiger partial charge in [-0.25, -0.2) is 0 Å². The molecule has 1 aromatic carbocycles. The van der Waals surface area contributed by atoms with Crippen LogP contribution in [0.1, 0.15) is 36.0 Å². The summed E-state index contributed by atoms with van der Waals surface area (Å²) in [5.41, 5.74) is 0.697. The van der Waals surface area contributed by atoms with Crippen LogP contribution in [0.2, 0.25) is 0 Å². The lowest BCUT2D eigenvalue weighted by atomic mass is 9.97. The van der Waals surface area contributed by atoms with Gasteiger partial charge in [-0.2, -0.15) is 0 Å². The maximum absolute atomic E-state index is 12.7. The van der Waals surface area contributed by atoms with Gasteiger partial charge in [0, 0.05) is 65.4 Å². The number of benzene rings is 1. The lowest BCUT2D eigenvalue weighted by Crippen LogP contribution is -2.43. The van der Waals surface area contributed by atoms with Crippen LogP contribution in [0, 0.1) is 5.92 Å². The zero-order chi connectivity index (χ0) is 20.6. The average Bonchev–Trinajstić information content (AvgIpc) is 2.75. The Morgan fingerprint density at radius 3 is 2.10 bits per heavy atom. The molecule has 0 spiro atoms. The van der Waals surface area contributed by atoms with Crippen LogP contribution in [0.25, 0.3) is 0 Å². The number of likely N-dealkylation sites (tertiary alicyclic amines) is 2. The molecule has 2 heterocycles. The topological polar surface area (TPSA) is 68.3 Å². The molecule has 0 aromatic heterocycles. The number of hydrogen-bond acceptors (Lipinski definition) is 5. The van der Waals surface area contributed by atoms with Gasteiger partial charge in [0.15, 0.2) is 0 Å². The number of nitrogens with zero attached hydrogens (tertiary/aromatic N) is 2. The van der Waals surface area contributed by atoms with Gasteiger partial charge in [-0.05, 0) is 43.0 Å². The number of carbonyl (C=O) groups is 2. The second kappa shape index (κ2) is 10.6. The molecule has 2 aliphatic heterocycles. The summed E-state index contributed by atoms with van der Waals surface area (Å²) in [4.78, 5) is 28.3. The highest BCUT2D eigenvalue weighted by Crippen LogP contribution is 2.22. The number of carbonyl (C=O) groups excluding carboxylic acids is 2. The molecule has 7 nitrogen and oxygen atoms in total. The van der Waals surface area contributed by atoms with Crippen molar-refractivity contribution < 1.29 is 23.8 Å². The van der Waals surface area contributed by atoms with E-state index in [2.05, 4.69) is 0 Å². The third-order valence-electron chi connectivity index (χ3n) is 5.77. The molecule has 0 saturated carbocycles. The van der Waals surface area contributed by atoms with Crippen molar-refractivity contribution in [1.29, 1.82) is 0 Å². The summed E-state index contributed by atoms with van der Waals surface area (Å²) >= 11 is 0. The van der Waals surface area contributed by atoms with Crippen molar-refractivity contribution in [2.45, 2.75) is 31.8 Å². The predicted molar refractivity (Wildman–Crippen MR) is 109 cm³/mol. The highest BCUT2D eigenvalue weighted by Gasteiger charge is 2.25. The average molecular weight is 405 g/mol. The quantitative estimate of drug-likeness (QED) is 0.697. The van der Waals surface area contributed by atoms with Gasteiger partial charge >= 0.3 is 0 Å². The van der Waals surface area contributed by atoms with Crippen LogP contribution in [-0.2, 0) is 14.3 Å². The molecule has 160 valence electrons. The van der Waals surface area contributed by atoms with Gasteiger partial charge in [0.2, 0.25) is 5.91 Å². The molecule has 0 unspecified atom stereocenters. The molecule has 2 amide bonds. The minimum absolute atomic E-state index is 0.0278. The zero-order valence-corrected chi connectivity index (χ0v) is 17.5. The third kappa shape index (κ3) is 5.93. The van der Waals surface area contributed by atoms with Crippen molar-refractivity contribution in [2.24, 2.45) is 5.92 Å². The van der Waals surface area contributed by atoms with E-state index in [-0.39, 0.29) is 24.5 Å². The molecule has 0 bridgehead atoms. The van der Waals surface area contributed by atoms with E-state index < -0.39 is 0 Å². The maximum atomic E-state index is 12.7. The summed E-state index contributed by atoms with van der Waals surface area (Å²) in [5.74, 6) is 1.43. The molecule has 2 saturated heterocycles. The molecule has 0 N–H and O–H groups in total. The van der Waals surface area contributed by atoms with Crippen molar-refractivity contribution in [3.63, 3.8) is 0 Å². The van der Waals surface area contributed by atoms with E-state index in [9.17, 15) is 9.59 Å². The fraction of sp³-hybridized carbons (Fsp3) is 0.636. The van der Waals surface area contributed by atoms with E-state index in [1.807, 2.05) is 34.1 Å². The van der Waals surface area contributed by atoms with E-state index in [1.54, 1.807) is 7.11 Å². The molecule has 0 aliphatic carbocycles. The number of ether oxygens (including phenoxy) is 3. The number of methoxy groups -OCH3 is 2. The Kier molecular flexibility index (Phi) is 7.89. The number of rotatable bonds is 7. The molecule has 0 atom stereocenters. The first kappa shape index (κ1) is 21.6. The summed E-state index contributed by atoms with van der Waals surface area (Å²) in [6.07, 6.45) is 3.67. The Hall–Kier alpha value is -2.12. The van der Waals surface area contributed by atoms with Crippen LogP contribution in [0.3, 0.4) is 0 Å². The predicted octanol–water partition coefficient (Wildman–Crippen LogP) is 2.20. The first-order valence-electron chi connectivity index (χ1n) is 10.4. The normalized spacial score (nSPS) is 18.7. The number of amides is 2. The Morgan fingerprint density at radius 1 is 0.897 bits per heavy atom. The number of piperidine rings is 2. The Morgan fingerprint density at radius 2 is 1.52 bits per heavy atom. The van der Waals surface area contributed by atoms with Crippen molar-refractivity contribution in [2.75, 3.05) is 53.6 Å². The van der Waals surface area contributed by atoms with Gasteiger partial charge in [-0.1, -0.05) is 0 Å². The molecule has 29 heavy (non-hydrogen) atoms. The van der Waals surface area contributed by atoms with Crippen molar-refractivity contribution in [3.05, 3.63) is 29.8 Å². The second-order valence-electron chi connectivity index (χ2n) is 7.85. The van der Waals surface area contributed by atoms with Crippen LogP contribution in [0.4, 0.5) is 0 Å². The summed E-state index contributed by atoms with van der Waals surface area (Å²) in [7, 11) is 3.26. The minimum Gasteiger partial charge on any atom is -0.490 e. The SMILES string of the molecule is COCC(=O)N1CCC(Oc2ccc(C(=O)N3CCC(COC)CC3)cc2)CC1. The molecular weight excluding hydrogens is 372 g/mol. The first-order valence-corrected chi connectivity index (χ1v) is 10.4. The smallest absolute Gasteiger partial charge is 0.253 e. The zero-order valence-electron chi connectivity index (χ0n) is 17.5. The van der Waals surface area contributed by atoms with Crippen LogP contribution >= 0.6 is 0 Å². The Labute approximate surface area is 172 Å². The lowest BCUT2D eigenvalue weighted by molar-refractivity contribution is -0.136. The van der Waals surface area contributed by atoms with Crippen LogP contribution in [0.15, 0.2) is 24.3 Å². The fourth-order valence-corrected chi connectivity index (χ4v) is 4.03. The maximum Gasteiger partial charge on any atom is 0.253 e.